The molecule has 0 N–H and O–H groups in total. The van der Waals surface area contributed by atoms with Gasteiger partial charge >= 0.3 is 18.0 Å². The lowest BCUT2D eigenvalue weighted by Crippen LogP contribution is -2.50. The highest BCUT2D eigenvalue weighted by molar-refractivity contribution is 9.10. The van der Waals surface area contributed by atoms with E-state index in [4.69, 9.17) is 11.6 Å². The molecule has 0 nitrogen and oxygen atoms in total. The van der Waals surface area contributed by atoms with Crippen molar-refractivity contribution in [1.29, 1.82) is 0 Å². The Hall–Kier alpha value is -1.35. The van der Waals surface area contributed by atoms with Crippen LogP contribution in [0, 0.1) is 18.8 Å². The molecule has 2 aromatic carbocycles. The Labute approximate surface area is 155 Å². The summed E-state index contributed by atoms with van der Waals surface area (Å²) >= 11 is 8.57. The second-order valence-electron chi connectivity index (χ2n) is 5.33. The minimum atomic E-state index is -6.31. The first-order valence-electron chi connectivity index (χ1n) is 6.71. The highest BCUT2D eigenvalue weighted by Gasteiger charge is 2.74. The third kappa shape index (κ3) is 3.43. The third-order valence-corrected chi connectivity index (χ3v) is 4.42. The minimum absolute atomic E-state index is 0.176. The number of halogens is 10. The Morgan fingerprint density at radius 1 is 0.962 bits per heavy atom. The van der Waals surface area contributed by atoms with Gasteiger partial charge in [0.2, 0.25) is 0 Å². The van der Waals surface area contributed by atoms with Gasteiger partial charge in [0.05, 0.1) is 5.02 Å². The second kappa shape index (κ2) is 6.67. The van der Waals surface area contributed by atoms with E-state index in [1.807, 2.05) is 0 Å². The van der Waals surface area contributed by atoms with Crippen LogP contribution in [0.15, 0.2) is 28.7 Å². The molecule has 0 aliphatic carbocycles. The highest BCUT2D eigenvalue weighted by atomic mass is 79.9. The Kier molecular flexibility index (Phi) is 5.38. The molecule has 1 radical (unpaired) electrons. The molecule has 0 bridgehead atoms. The molecule has 141 valence electrons. The van der Waals surface area contributed by atoms with Gasteiger partial charge in [0.15, 0.2) is 0 Å². The monoisotopic (exact) mass is 465 g/mol. The molecule has 26 heavy (non-hydrogen) atoms. The first kappa shape index (κ1) is 21.0. The van der Waals surface area contributed by atoms with Crippen LogP contribution in [0.3, 0.4) is 0 Å². The van der Waals surface area contributed by atoms with Gasteiger partial charge in [0.1, 0.15) is 5.82 Å². The van der Waals surface area contributed by atoms with Gasteiger partial charge in [-0.15, -0.1) is 0 Å². The van der Waals surface area contributed by atoms with Crippen molar-refractivity contribution in [2.75, 3.05) is 0 Å². The van der Waals surface area contributed by atoms with Crippen LogP contribution in [0.4, 0.5) is 35.1 Å². The molecule has 10 heteroatoms. The fourth-order valence-corrected chi connectivity index (χ4v) is 3.37. The summed E-state index contributed by atoms with van der Waals surface area (Å²) in [6, 6.07) is 5.17. The number of hydrogen-bond donors (Lipinski definition) is 0. The van der Waals surface area contributed by atoms with E-state index in [9.17, 15) is 35.1 Å². The van der Waals surface area contributed by atoms with E-state index in [1.165, 1.54) is 0 Å². The summed E-state index contributed by atoms with van der Waals surface area (Å²) in [4.78, 5) is 0. The summed E-state index contributed by atoms with van der Waals surface area (Å²) in [5.41, 5.74) is -8.80. The molecule has 0 saturated heterocycles. The number of aryl methyl sites for hydroxylation is 1. The molecule has 0 amide bonds. The maximum atomic E-state index is 14.7. The second-order valence-corrected chi connectivity index (χ2v) is 6.53. The number of benzene rings is 2. The highest BCUT2D eigenvalue weighted by Crippen LogP contribution is 2.56. The predicted molar refractivity (Wildman–Crippen MR) is 83.0 cm³/mol. The van der Waals surface area contributed by atoms with Crippen LogP contribution in [-0.4, -0.2) is 12.4 Å². The Morgan fingerprint density at radius 3 is 1.96 bits per heavy atom. The van der Waals surface area contributed by atoms with E-state index < -0.39 is 45.6 Å². The fraction of sp³-hybridized carbons (Fsp3) is 0.250. The van der Waals surface area contributed by atoms with Crippen LogP contribution in [0.25, 0.3) is 11.1 Å². The summed E-state index contributed by atoms with van der Waals surface area (Å²) in [6.07, 6.45) is -12.6. The Balaban J connectivity index is 2.97. The first-order chi connectivity index (χ1) is 11.7. The predicted octanol–water partition coefficient (Wildman–Crippen LogP) is 7.31. The van der Waals surface area contributed by atoms with Crippen LogP contribution in [0.2, 0.25) is 5.02 Å². The molecule has 2 rings (SSSR count). The lowest BCUT2D eigenvalue weighted by molar-refractivity contribution is -0.348. The standard InChI is InChI=1S/C16H7BrClF8/c1-7-4-10(14(20,15(21,22)23)16(24,25)26)13(11(17)5-7)9-3-2-8(19)6-12(9)18/h2-4,6H,1H3. The SMILES string of the molecule is Cc1[c]c(Br)c(-c2ccc(F)cc2Cl)c(C(F)(C(F)(F)F)C(F)(F)F)c1. The van der Waals surface area contributed by atoms with Crippen LogP contribution in [0.1, 0.15) is 11.1 Å². The normalized spacial score (nSPS) is 13.2. The molecule has 0 spiro atoms. The molecule has 0 heterocycles. The van der Waals surface area contributed by atoms with E-state index in [0.29, 0.717) is 12.1 Å². The van der Waals surface area contributed by atoms with Gasteiger partial charge in [-0.25, -0.2) is 8.78 Å². The van der Waals surface area contributed by atoms with E-state index in [2.05, 4.69) is 22.0 Å². The summed E-state index contributed by atoms with van der Waals surface area (Å²) in [5.74, 6) is -0.870. The maximum Gasteiger partial charge on any atom is 0.435 e. The third-order valence-electron chi connectivity index (χ3n) is 3.51. The minimum Gasteiger partial charge on any atom is -0.218 e. The van der Waals surface area contributed by atoms with Gasteiger partial charge in [-0.3, -0.25) is 0 Å². The van der Waals surface area contributed by atoms with Gasteiger partial charge in [-0.05, 0) is 46.6 Å². The van der Waals surface area contributed by atoms with Crippen molar-refractivity contribution in [2.45, 2.75) is 24.9 Å². The summed E-state index contributed by atoms with van der Waals surface area (Å²) < 4.78 is 107. The lowest BCUT2D eigenvalue weighted by Gasteiger charge is -2.32. The molecule has 0 fully saturated rings. The van der Waals surface area contributed by atoms with E-state index >= 15 is 0 Å². The van der Waals surface area contributed by atoms with Crippen molar-refractivity contribution in [2.24, 2.45) is 0 Å². The van der Waals surface area contributed by atoms with Crippen molar-refractivity contribution in [3.8, 4) is 11.1 Å². The van der Waals surface area contributed by atoms with E-state index in [0.717, 1.165) is 19.1 Å². The van der Waals surface area contributed by atoms with E-state index in [-0.39, 0.29) is 10.0 Å². The van der Waals surface area contributed by atoms with Crippen LogP contribution < -0.4 is 0 Å². The van der Waals surface area contributed by atoms with Crippen molar-refractivity contribution in [3.63, 3.8) is 0 Å². The Bertz CT molecular complexity index is 827. The van der Waals surface area contributed by atoms with Crippen LogP contribution in [0.5, 0.6) is 0 Å². The summed E-state index contributed by atoms with van der Waals surface area (Å²) in [7, 11) is 0. The molecule has 0 aromatic heterocycles. The van der Waals surface area contributed by atoms with Gasteiger partial charge < -0.3 is 0 Å². The number of hydrogen-bond acceptors (Lipinski definition) is 0. The largest absolute Gasteiger partial charge is 0.435 e. The topological polar surface area (TPSA) is 0 Å². The Morgan fingerprint density at radius 2 is 1.50 bits per heavy atom. The summed E-state index contributed by atoms with van der Waals surface area (Å²) in [6.45, 7) is 1.15. The van der Waals surface area contributed by atoms with Crippen molar-refractivity contribution >= 4 is 27.5 Å². The smallest absolute Gasteiger partial charge is 0.218 e. The van der Waals surface area contributed by atoms with Crippen molar-refractivity contribution in [3.05, 3.63) is 56.8 Å². The molecule has 0 unspecified atom stereocenters. The molecule has 2 aromatic rings. The van der Waals surface area contributed by atoms with Crippen molar-refractivity contribution in [1.82, 2.24) is 0 Å². The average Bonchev–Trinajstić information content (AvgIpc) is 2.44. The zero-order valence-electron chi connectivity index (χ0n) is 12.6. The number of rotatable bonds is 2. The maximum absolute atomic E-state index is 14.7. The average molecular weight is 467 g/mol. The molecular formula is C16H7BrClF8. The van der Waals surface area contributed by atoms with Crippen molar-refractivity contribution < 1.29 is 35.1 Å². The molecule has 0 aliphatic heterocycles. The quantitative estimate of drug-likeness (QED) is 0.407. The molecule has 0 saturated carbocycles. The lowest BCUT2D eigenvalue weighted by atomic mass is 9.86. The summed E-state index contributed by atoms with van der Waals surface area (Å²) in [5, 5.41) is -0.490. The van der Waals surface area contributed by atoms with Gasteiger partial charge in [-0.1, -0.05) is 17.7 Å². The van der Waals surface area contributed by atoms with Crippen LogP contribution in [-0.2, 0) is 5.67 Å². The van der Waals surface area contributed by atoms with Gasteiger partial charge in [-0.2, -0.15) is 26.3 Å². The zero-order chi connectivity index (χ0) is 20.1. The van der Waals surface area contributed by atoms with E-state index in [1.54, 1.807) is 0 Å². The zero-order valence-corrected chi connectivity index (χ0v) is 14.9. The van der Waals surface area contributed by atoms with Gasteiger partial charge in [0, 0.05) is 27.2 Å². The number of alkyl halides is 7. The van der Waals surface area contributed by atoms with Crippen LogP contribution >= 0.6 is 27.5 Å². The molecular weight excluding hydrogens is 460 g/mol. The first-order valence-corrected chi connectivity index (χ1v) is 7.88. The fourth-order valence-electron chi connectivity index (χ4n) is 2.37. The molecule has 0 aliphatic rings. The van der Waals surface area contributed by atoms with Gasteiger partial charge in [0.25, 0.3) is 0 Å². The molecule has 0 atom stereocenters.